The van der Waals surface area contributed by atoms with Gasteiger partial charge in [0.1, 0.15) is 0 Å². The van der Waals surface area contributed by atoms with Crippen molar-refractivity contribution in [3.05, 3.63) is 50.1 Å². The molecule has 0 aliphatic rings. The molecule has 1 aromatic carbocycles. The Morgan fingerprint density at radius 3 is 2.67 bits per heavy atom. The molecule has 1 unspecified atom stereocenters. The standard InChI is InChI=1S/C14H17BrN2S/c1-9-4-3-5-11(6-9)17-13(8-16)14-7-12(15)10(2)18-14/h3-7,13,17H,8,16H2,1-2H3. The first-order valence-corrected chi connectivity index (χ1v) is 7.50. The summed E-state index contributed by atoms with van der Waals surface area (Å²) in [7, 11) is 0. The second kappa shape index (κ2) is 5.87. The maximum atomic E-state index is 5.88. The highest BCUT2D eigenvalue weighted by Crippen LogP contribution is 2.32. The molecule has 0 aliphatic carbocycles. The van der Waals surface area contributed by atoms with E-state index in [1.807, 2.05) is 0 Å². The largest absolute Gasteiger partial charge is 0.376 e. The summed E-state index contributed by atoms with van der Waals surface area (Å²) in [6, 6.07) is 10.7. The minimum absolute atomic E-state index is 0.168. The van der Waals surface area contributed by atoms with Crippen LogP contribution in [0.3, 0.4) is 0 Å². The van der Waals surface area contributed by atoms with Gasteiger partial charge < -0.3 is 11.1 Å². The third-order valence-electron chi connectivity index (χ3n) is 2.81. The minimum atomic E-state index is 0.168. The number of nitrogens with two attached hydrogens (primary N) is 1. The normalized spacial score (nSPS) is 12.4. The van der Waals surface area contributed by atoms with E-state index in [-0.39, 0.29) is 6.04 Å². The molecule has 0 spiro atoms. The van der Waals surface area contributed by atoms with Crippen molar-refractivity contribution in [2.75, 3.05) is 11.9 Å². The first-order valence-electron chi connectivity index (χ1n) is 5.89. The van der Waals surface area contributed by atoms with Crippen molar-refractivity contribution in [1.29, 1.82) is 0 Å². The number of thiophene rings is 1. The highest BCUT2D eigenvalue weighted by molar-refractivity contribution is 9.10. The van der Waals surface area contributed by atoms with E-state index in [1.54, 1.807) is 11.3 Å². The Morgan fingerprint density at radius 1 is 1.33 bits per heavy atom. The summed E-state index contributed by atoms with van der Waals surface area (Å²) >= 11 is 5.33. The zero-order valence-corrected chi connectivity index (χ0v) is 12.9. The van der Waals surface area contributed by atoms with Crippen molar-refractivity contribution in [1.82, 2.24) is 0 Å². The molecule has 2 rings (SSSR count). The fourth-order valence-corrected chi connectivity index (χ4v) is 3.46. The van der Waals surface area contributed by atoms with E-state index in [0.717, 1.165) is 10.2 Å². The molecule has 96 valence electrons. The van der Waals surface area contributed by atoms with Crippen LogP contribution in [0.5, 0.6) is 0 Å². The number of hydrogen-bond donors (Lipinski definition) is 2. The van der Waals surface area contributed by atoms with Gasteiger partial charge in [-0.1, -0.05) is 12.1 Å². The van der Waals surface area contributed by atoms with Crippen molar-refractivity contribution in [3.8, 4) is 0 Å². The molecule has 0 amide bonds. The molecule has 3 N–H and O–H groups in total. The number of rotatable bonds is 4. The van der Waals surface area contributed by atoms with E-state index in [1.165, 1.54) is 15.3 Å². The first-order chi connectivity index (χ1) is 8.60. The number of hydrogen-bond acceptors (Lipinski definition) is 3. The topological polar surface area (TPSA) is 38.0 Å². The van der Waals surface area contributed by atoms with Gasteiger partial charge in [-0.25, -0.2) is 0 Å². The summed E-state index contributed by atoms with van der Waals surface area (Å²) in [4.78, 5) is 2.55. The van der Waals surface area contributed by atoms with E-state index >= 15 is 0 Å². The van der Waals surface area contributed by atoms with Gasteiger partial charge in [-0.15, -0.1) is 11.3 Å². The van der Waals surface area contributed by atoms with E-state index in [0.29, 0.717) is 6.54 Å². The first kappa shape index (κ1) is 13.6. The highest BCUT2D eigenvalue weighted by Gasteiger charge is 2.13. The Balaban J connectivity index is 2.19. The van der Waals surface area contributed by atoms with Crippen LogP contribution in [0.1, 0.15) is 21.4 Å². The Labute approximate surface area is 120 Å². The van der Waals surface area contributed by atoms with Gasteiger partial charge >= 0.3 is 0 Å². The molecule has 2 nitrogen and oxygen atoms in total. The molecule has 1 aromatic heterocycles. The molecule has 0 radical (unpaired) electrons. The van der Waals surface area contributed by atoms with E-state index < -0.39 is 0 Å². The predicted molar refractivity (Wildman–Crippen MR) is 83.4 cm³/mol. The third kappa shape index (κ3) is 3.13. The Morgan fingerprint density at radius 2 is 2.11 bits per heavy atom. The monoisotopic (exact) mass is 324 g/mol. The van der Waals surface area contributed by atoms with Gasteiger partial charge in [0.25, 0.3) is 0 Å². The fraction of sp³-hybridized carbons (Fsp3) is 0.286. The molecule has 0 bridgehead atoms. The van der Waals surface area contributed by atoms with Crippen LogP contribution < -0.4 is 11.1 Å². The Kier molecular flexibility index (Phi) is 4.43. The summed E-state index contributed by atoms with van der Waals surface area (Å²) in [5.41, 5.74) is 8.25. The zero-order chi connectivity index (χ0) is 13.1. The molecule has 0 fully saturated rings. The van der Waals surface area contributed by atoms with Crippen LogP contribution in [-0.4, -0.2) is 6.54 Å². The molecular weight excluding hydrogens is 308 g/mol. The maximum absolute atomic E-state index is 5.88. The lowest BCUT2D eigenvalue weighted by atomic mass is 10.2. The molecule has 2 aromatic rings. The summed E-state index contributed by atoms with van der Waals surface area (Å²) < 4.78 is 1.16. The summed E-state index contributed by atoms with van der Waals surface area (Å²) in [5.74, 6) is 0. The minimum Gasteiger partial charge on any atom is -0.376 e. The van der Waals surface area contributed by atoms with Crippen LogP contribution in [0.15, 0.2) is 34.8 Å². The third-order valence-corrected chi connectivity index (χ3v) is 5.06. The van der Waals surface area contributed by atoms with Crippen LogP contribution in [0.25, 0.3) is 0 Å². The average molecular weight is 325 g/mol. The molecule has 0 aliphatic heterocycles. The second-order valence-corrected chi connectivity index (χ2v) is 6.50. The van der Waals surface area contributed by atoms with E-state index in [2.05, 4.69) is 65.4 Å². The average Bonchev–Trinajstić information content (AvgIpc) is 2.66. The van der Waals surface area contributed by atoms with Gasteiger partial charge in [0.2, 0.25) is 0 Å². The Bertz CT molecular complexity index is 517. The van der Waals surface area contributed by atoms with E-state index in [9.17, 15) is 0 Å². The van der Waals surface area contributed by atoms with Crippen LogP contribution in [0.2, 0.25) is 0 Å². The summed E-state index contributed by atoms with van der Waals surface area (Å²) in [6.45, 7) is 4.79. The number of nitrogens with one attached hydrogen (secondary N) is 1. The number of anilines is 1. The van der Waals surface area contributed by atoms with Crippen molar-refractivity contribution < 1.29 is 0 Å². The lowest BCUT2D eigenvalue weighted by Gasteiger charge is -2.17. The van der Waals surface area contributed by atoms with Crippen molar-refractivity contribution in [2.45, 2.75) is 19.9 Å². The smallest absolute Gasteiger partial charge is 0.0729 e. The summed E-state index contributed by atoms with van der Waals surface area (Å²) in [6.07, 6.45) is 0. The quantitative estimate of drug-likeness (QED) is 0.882. The van der Waals surface area contributed by atoms with Crippen molar-refractivity contribution in [3.63, 3.8) is 0 Å². The lowest BCUT2D eigenvalue weighted by molar-refractivity contribution is 0.805. The predicted octanol–water partition coefficient (Wildman–Crippen LogP) is 4.24. The van der Waals surface area contributed by atoms with Gasteiger partial charge in [0.05, 0.1) is 6.04 Å². The van der Waals surface area contributed by atoms with E-state index in [4.69, 9.17) is 5.73 Å². The zero-order valence-electron chi connectivity index (χ0n) is 10.5. The summed E-state index contributed by atoms with van der Waals surface area (Å²) in [5, 5.41) is 3.49. The van der Waals surface area contributed by atoms with Crippen LogP contribution in [0, 0.1) is 13.8 Å². The molecule has 0 saturated carbocycles. The molecule has 4 heteroatoms. The van der Waals surface area contributed by atoms with Gasteiger partial charge in [-0.2, -0.15) is 0 Å². The van der Waals surface area contributed by atoms with Crippen LogP contribution in [0.4, 0.5) is 5.69 Å². The highest BCUT2D eigenvalue weighted by atomic mass is 79.9. The number of benzene rings is 1. The van der Waals surface area contributed by atoms with Crippen LogP contribution >= 0.6 is 27.3 Å². The molecule has 1 atom stereocenters. The molecular formula is C14H17BrN2S. The Hall–Kier alpha value is -0.840. The molecule has 0 saturated heterocycles. The van der Waals surface area contributed by atoms with Gasteiger partial charge in [0, 0.05) is 26.5 Å². The lowest BCUT2D eigenvalue weighted by Crippen LogP contribution is -2.19. The fourth-order valence-electron chi connectivity index (χ4n) is 1.84. The molecule has 18 heavy (non-hydrogen) atoms. The number of halogens is 1. The van der Waals surface area contributed by atoms with Crippen molar-refractivity contribution in [2.24, 2.45) is 5.73 Å². The number of aryl methyl sites for hydroxylation is 2. The van der Waals surface area contributed by atoms with Gasteiger partial charge in [-0.05, 0) is 53.5 Å². The van der Waals surface area contributed by atoms with Gasteiger partial charge in [0.15, 0.2) is 0 Å². The molecule has 1 heterocycles. The maximum Gasteiger partial charge on any atom is 0.0729 e. The van der Waals surface area contributed by atoms with Crippen molar-refractivity contribution >= 4 is 33.0 Å². The van der Waals surface area contributed by atoms with Gasteiger partial charge in [-0.3, -0.25) is 0 Å². The SMILES string of the molecule is Cc1cccc(NC(CN)c2cc(Br)c(C)s2)c1. The van der Waals surface area contributed by atoms with Crippen LogP contribution in [-0.2, 0) is 0 Å². The second-order valence-electron chi connectivity index (χ2n) is 4.35.